The summed E-state index contributed by atoms with van der Waals surface area (Å²) in [5.74, 6) is -0.0778. The van der Waals surface area contributed by atoms with Gasteiger partial charge in [0, 0.05) is 12.8 Å². The average Bonchev–Trinajstić information content (AvgIpc) is 3.27. The lowest BCUT2D eigenvalue weighted by Gasteiger charge is -2.22. The number of amides is 1. The lowest BCUT2D eigenvalue weighted by molar-refractivity contribution is -0.143. The standard InChI is InChI=1S/C56H111NO5/c1-3-5-7-9-11-13-15-17-19-21-22-24-25-27-29-32-36-40-44-48-54(59)53(52-58)57-55(60)49-45-41-37-33-31-35-39-43-47-51-62-56(61)50-46-42-38-34-30-28-26-23-20-18-16-14-12-10-8-6-4-2/h53-54,58-59H,3-52H2,1-2H3,(H,57,60). The summed E-state index contributed by atoms with van der Waals surface area (Å²) in [6.07, 6.45) is 59.4. The largest absolute Gasteiger partial charge is 0.466 e. The molecule has 3 N–H and O–H groups in total. The van der Waals surface area contributed by atoms with E-state index in [2.05, 4.69) is 19.2 Å². The molecule has 1 amide bonds. The summed E-state index contributed by atoms with van der Waals surface area (Å²) in [5, 5.41) is 23.3. The van der Waals surface area contributed by atoms with Crippen LogP contribution in [0.2, 0.25) is 0 Å². The van der Waals surface area contributed by atoms with Gasteiger partial charge in [-0.2, -0.15) is 0 Å². The topological polar surface area (TPSA) is 95.9 Å². The maximum Gasteiger partial charge on any atom is 0.305 e. The molecule has 0 saturated carbocycles. The molecule has 0 heterocycles. The number of rotatable bonds is 53. The van der Waals surface area contributed by atoms with Crippen molar-refractivity contribution < 1.29 is 24.5 Å². The number of carbonyl (C=O) groups is 2. The molecule has 2 atom stereocenters. The van der Waals surface area contributed by atoms with Gasteiger partial charge in [0.15, 0.2) is 0 Å². The molecule has 6 nitrogen and oxygen atoms in total. The van der Waals surface area contributed by atoms with Gasteiger partial charge in [0.05, 0.1) is 25.4 Å². The number of aliphatic hydroxyl groups is 2. The molecule has 0 aliphatic carbocycles. The molecule has 0 saturated heterocycles. The van der Waals surface area contributed by atoms with Crippen molar-refractivity contribution in [3.05, 3.63) is 0 Å². The Labute approximate surface area is 387 Å². The SMILES string of the molecule is CCCCCCCCCCCCCCCCCCCCCC(O)C(CO)NC(=O)CCCCCCCCCCCOC(=O)CCCCCCCCCCCCCCCCCCC. The number of esters is 1. The highest BCUT2D eigenvalue weighted by atomic mass is 16.5. The molecule has 0 fully saturated rings. The monoisotopic (exact) mass is 878 g/mol. The van der Waals surface area contributed by atoms with E-state index in [1.165, 1.54) is 231 Å². The quantitative estimate of drug-likeness (QED) is 0.0418. The molecule has 0 aromatic carbocycles. The van der Waals surface area contributed by atoms with Gasteiger partial charge >= 0.3 is 5.97 Å². The van der Waals surface area contributed by atoms with Crippen molar-refractivity contribution in [1.82, 2.24) is 5.32 Å². The summed E-state index contributed by atoms with van der Waals surface area (Å²) >= 11 is 0. The van der Waals surface area contributed by atoms with E-state index in [9.17, 15) is 19.8 Å². The smallest absolute Gasteiger partial charge is 0.305 e. The Kier molecular flexibility index (Phi) is 51.5. The first-order valence-corrected chi connectivity index (χ1v) is 28.3. The summed E-state index contributed by atoms with van der Waals surface area (Å²) in [5.41, 5.74) is 0. The van der Waals surface area contributed by atoms with E-state index in [4.69, 9.17) is 4.74 Å². The van der Waals surface area contributed by atoms with Crippen molar-refractivity contribution in [2.45, 2.75) is 334 Å². The fourth-order valence-corrected chi connectivity index (χ4v) is 9.05. The fraction of sp³-hybridized carbons (Fsp3) is 0.964. The molecular formula is C56H111NO5. The number of unbranched alkanes of at least 4 members (excludes halogenated alkanes) is 42. The number of ether oxygens (including phenoxy) is 1. The Morgan fingerprint density at radius 1 is 0.387 bits per heavy atom. The van der Waals surface area contributed by atoms with Gasteiger partial charge in [0.2, 0.25) is 5.91 Å². The van der Waals surface area contributed by atoms with Crippen LogP contribution in [0.25, 0.3) is 0 Å². The second-order valence-corrected chi connectivity index (χ2v) is 19.6. The molecule has 0 spiro atoms. The van der Waals surface area contributed by atoms with Crippen LogP contribution >= 0.6 is 0 Å². The van der Waals surface area contributed by atoms with Gasteiger partial charge in [-0.3, -0.25) is 9.59 Å². The predicted octanol–water partition coefficient (Wildman–Crippen LogP) is 17.1. The molecular weight excluding hydrogens is 767 g/mol. The van der Waals surface area contributed by atoms with Crippen LogP contribution < -0.4 is 5.32 Å². The zero-order valence-electron chi connectivity index (χ0n) is 42.1. The van der Waals surface area contributed by atoms with Crippen molar-refractivity contribution in [3.8, 4) is 0 Å². The van der Waals surface area contributed by atoms with E-state index in [-0.39, 0.29) is 18.5 Å². The number of hydrogen-bond acceptors (Lipinski definition) is 5. The van der Waals surface area contributed by atoms with Gasteiger partial charge in [-0.25, -0.2) is 0 Å². The normalized spacial score (nSPS) is 12.5. The lowest BCUT2D eigenvalue weighted by Crippen LogP contribution is -2.45. The summed E-state index contributed by atoms with van der Waals surface area (Å²) in [6, 6.07) is -0.560. The zero-order chi connectivity index (χ0) is 45.1. The van der Waals surface area contributed by atoms with Gasteiger partial charge in [-0.05, 0) is 25.7 Å². The van der Waals surface area contributed by atoms with Crippen molar-refractivity contribution in [1.29, 1.82) is 0 Å². The van der Waals surface area contributed by atoms with Gasteiger partial charge < -0.3 is 20.3 Å². The average molecular weight is 879 g/mol. The minimum absolute atomic E-state index is 0.0197. The Morgan fingerprint density at radius 3 is 0.984 bits per heavy atom. The van der Waals surface area contributed by atoms with Crippen LogP contribution in [-0.4, -0.2) is 47.4 Å². The van der Waals surface area contributed by atoms with E-state index >= 15 is 0 Å². The van der Waals surface area contributed by atoms with E-state index in [0.29, 0.717) is 25.9 Å². The highest BCUT2D eigenvalue weighted by Gasteiger charge is 2.20. The summed E-state index contributed by atoms with van der Waals surface area (Å²) in [6.45, 7) is 4.92. The van der Waals surface area contributed by atoms with Crippen molar-refractivity contribution in [2.24, 2.45) is 0 Å². The number of hydrogen-bond donors (Lipinski definition) is 3. The lowest BCUT2D eigenvalue weighted by atomic mass is 10.0. The molecule has 0 aromatic heterocycles. The molecule has 62 heavy (non-hydrogen) atoms. The fourth-order valence-electron chi connectivity index (χ4n) is 9.05. The molecule has 6 heteroatoms. The molecule has 370 valence electrons. The number of aliphatic hydroxyl groups excluding tert-OH is 2. The first kappa shape index (κ1) is 60.9. The van der Waals surface area contributed by atoms with Gasteiger partial charge in [-0.15, -0.1) is 0 Å². The van der Waals surface area contributed by atoms with Crippen molar-refractivity contribution in [3.63, 3.8) is 0 Å². The first-order chi connectivity index (χ1) is 30.5. The number of carbonyl (C=O) groups excluding carboxylic acids is 2. The van der Waals surface area contributed by atoms with Gasteiger partial charge in [0.1, 0.15) is 0 Å². The summed E-state index contributed by atoms with van der Waals surface area (Å²) in [7, 11) is 0. The van der Waals surface area contributed by atoms with Gasteiger partial charge in [-0.1, -0.05) is 284 Å². The highest BCUT2D eigenvalue weighted by Crippen LogP contribution is 2.18. The Morgan fingerprint density at radius 2 is 0.661 bits per heavy atom. The highest BCUT2D eigenvalue weighted by molar-refractivity contribution is 5.76. The van der Waals surface area contributed by atoms with Crippen LogP contribution in [0, 0.1) is 0 Å². The van der Waals surface area contributed by atoms with E-state index in [0.717, 1.165) is 57.8 Å². The van der Waals surface area contributed by atoms with Gasteiger partial charge in [0.25, 0.3) is 0 Å². The zero-order valence-corrected chi connectivity index (χ0v) is 42.1. The predicted molar refractivity (Wildman–Crippen MR) is 269 cm³/mol. The third-order valence-corrected chi connectivity index (χ3v) is 13.4. The van der Waals surface area contributed by atoms with Crippen LogP contribution in [0.15, 0.2) is 0 Å². The van der Waals surface area contributed by atoms with E-state index in [1.54, 1.807) is 0 Å². The minimum Gasteiger partial charge on any atom is -0.466 e. The minimum atomic E-state index is -0.680. The third-order valence-electron chi connectivity index (χ3n) is 13.4. The Bertz CT molecular complexity index is 882. The van der Waals surface area contributed by atoms with Crippen LogP contribution in [0.3, 0.4) is 0 Å². The molecule has 2 unspecified atom stereocenters. The van der Waals surface area contributed by atoms with Crippen LogP contribution in [-0.2, 0) is 14.3 Å². The summed E-state index contributed by atoms with van der Waals surface area (Å²) < 4.78 is 5.47. The molecule has 0 bridgehead atoms. The maximum atomic E-state index is 12.5. The molecule has 0 aliphatic heterocycles. The van der Waals surface area contributed by atoms with Crippen molar-refractivity contribution in [2.75, 3.05) is 13.2 Å². The second kappa shape index (κ2) is 52.5. The number of nitrogens with one attached hydrogen (secondary N) is 1. The molecule has 0 aromatic rings. The van der Waals surface area contributed by atoms with Crippen molar-refractivity contribution >= 4 is 11.9 Å². The second-order valence-electron chi connectivity index (χ2n) is 19.6. The Hall–Kier alpha value is -1.14. The molecule has 0 rings (SSSR count). The Balaban J connectivity index is 3.45. The first-order valence-electron chi connectivity index (χ1n) is 28.3. The molecule has 0 aliphatic rings. The van der Waals surface area contributed by atoms with Crippen LogP contribution in [0.5, 0.6) is 0 Å². The maximum absolute atomic E-state index is 12.5. The van der Waals surface area contributed by atoms with E-state index in [1.807, 2.05) is 0 Å². The van der Waals surface area contributed by atoms with Crippen LogP contribution in [0.4, 0.5) is 0 Å². The van der Waals surface area contributed by atoms with E-state index < -0.39 is 12.1 Å². The third kappa shape index (κ3) is 48.3. The van der Waals surface area contributed by atoms with Crippen LogP contribution in [0.1, 0.15) is 322 Å². The molecule has 0 radical (unpaired) electrons. The summed E-state index contributed by atoms with van der Waals surface area (Å²) in [4.78, 5) is 24.6.